The van der Waals surface area contributed by atoms with E-state index in [4.69, 9.17) is 4.74 Å². The van der Waals surface area contributed by atoms with Crippen LogP contribution in [-0.2, 0) is 27.9 Å². The van der Waals surface area contributed by atoms with Crippen molar-refractivity contribution in [2.45, 2.75) is 44.4 Å². The number of likely N-dealkylation sites (tertiary alicyclic amines) is 1. The van der Waals surface area contributed by atoms with E-state index in [1.165, 1.54) is 16.9 Å². The lowest BCUT2D eigenvalue weighted by Gasteiger charge is -2.43. The van der Waals surface area contributed by atoms with Gasteiger partial charge in [0.1, 0.15) is 24.0 Å². The van der Waals surface area contributed by atoms with Gasteiger partial charge in [-0.25, -0.2) is 13.4 Å². The molecule has 1 aromatic carbocycles. The standard InChI is InChI=1S/C20H27N5O4S/c1-30(27,28)25-12-17-6-2-3-7-18(17)29-20(14-25)9-5-10-23(13-20)19(26)8-4-11-24-16-21-15-22-24/h2-3,6-7,15-16H,4-5,8-14H2,1H3. The fourth-order valence-corrected chi connectivity index (χ4v) is 5.07. The summed E-state index contributed by atoms with van der Waals surface area (Å²) in [5.74, 6) is 0.755. The van der Waals surface area contributed by atoms with Gasteiger partial charge in [-0.15, -0.1) is 0 Å². The van der Waals surface area contributed by atoms with Crippen molar-refractivity contribution in [3.05, 3.63) is 42.5 Å². The van der Waals surface area contributed by atoms with E-state index in [9.17, 15) is 13.2 Å². The van der Waals surface area contributed by atoms with Crippen molar-refractivity contribution < 1.29 is 17.9 Å². The smallest absolute Gasteiger partial charge is 0.222 e. The Balaban J connectivity index is 1.49. The molecule has 0 radical (unpaired) electrons. The molecule has 9 nitrogen and oxygen atoms in total. The molecule has 30 heavy (non-hydrogen) atoms. The average Bonchev–Trinajstić information content (AvgIpc) is 3.16. The van der Waals surface area contributed by atoms with Crippen molar-refractivity contribution in [2.75, 3.05) is 25.9 Å². The van der Waals surface area contributed by atoms with Crippen LogP contribution >= 0.6 is 0 Å². The molecule has 1 unspecified atom stereocenters. The van der Waals surface area contributed by atoms with Crippen LogP contribution in [0.4, 0.5) is 0 Å². The molecule has 2 aliphatic rings. The topological polar surface area (TPSA) is 97.6 Å². The largest absolute Gasteiger partial charge is 0.484 e. The first-order valence-corrected chi connectivity index (χ1v) is 12.0. The number of carbonyl (C=O) groups is 1. The Morgan fingerprint density at radius 3 is 2.87 bits per heavy atom. The zero-order chi connectivity index (χ0) is 21.2. The number of piperidine rings is 1. The monoisotopic (exact) mass is 433 g/mol. The first-order valence-electron chi connectivity index (χ1n) is 10.2. The predicted octanol–water partition coefficient (Wildman–Crippen LogP) is 1.27. The highest BCUT2D eigenvalue weighted by Gasteiger charge is 2.44. The second-order valence-corrected chi connectivity index (χ2v) is 10.1. The van der Waals surface area contributed by atoms with Crippen LogP contribution in [0.3, 0.4) is 0 Å². The molecule has 1 aromatic heterocycles. The Labute approximate surface area is 176 Å². The molecule has 1 saturated heterocycles. The lowest BCUT2D eigenvalue weighted by Crippen LogP contribution is -2.58. The van der Waals surface area contributed by atoms with Crippen LogP contribution in [0.1, 0.15) is 31.2 Å². The lowest BCUT2D eigenvalue weighted by molar-refractivity contribution is -0.137. The van der Waals surface area contributed by atoms with Gasteiger partial charge in [0.25, 0.3) is 0 Å². The van der Waals surface area contributed by atoms with Crippen LogP contribution < -0.4 is 4.74 Å². The summed E-state index contributed by atoms with van der Waals surface area (Å²) in [7, 11) is -3.41. The minimum absolute atomic E-state index is 0.0567. The summed E-state index contributed by atoms with van der Waals surface area (Å²) in [6, 6.07) is 7.54. The minimum atomic E-state index is -3.41. The maximum absolute atomic E-state index is 12.9. The van der Waals surface area contributed by atoms with Crippen LogP contribution in [0.25, 0.3) is 0 Å². The fourth-order valence-electron chi connectivity index (χ4n) is 4.22. The van der Waals surface area contributed by atoms with Gasteiger partial charge in [-0.2, -0.15) is 9.40 Å². The highest BCUT2D eigenvalue weighted by Crippen LogP contribution is 2.35. The molecule has 4 rings (SSSR count). The van der Waals surface area contributed by atoms with E-state index in [2.05, 4.69) is 10.1 Å². The van der Waals surface area contributed by atoms with Gasteiger partial charge in [-0.1, -0.05) is 18.2 Å². The highest BCUT2D eigenvalue weighted by molar-refractivity contribution is 7.88. The second-order valence-electron chi connectivity index (χ2n) is 8.10. The molecule has 1 spiro atoms. The molecular weight excluding hydrogens is 406 g/mol. The average molecular weight is 434 g/mol. The Morgan fingerprint density at radius 1 is 1.27 bits per heavy atom. The second kappa shape index (κ2) is 8.35. The summed E-state index contributed by atoms with van der Waals surface area (Å²) in [5, 5.41) is 4.06. The maximum Gasteiger partial charge on any atom is 0.222 e. The van der Waals surface area contributed by atoms with Gasteiger partial charge in [0, 0.05) is 31.6 Å². The van der Waals surface area contributed by atoms with Crippen molar-refractivity contribution in [2.24, 2.45) is 0 Å². The molecule has 162 valence electrons. The van der Waals surface area contributed by atoms with Crippen LogP contribution in [0.2, 0.25) is 0 Å². The number of aryl methyl sites for hydroxylation is 1. The van der Waals surface area contributed by atoms with Crippen LogP contribution in [-0.4, -0.2) is 69.8 Å². The third-order valence-electron chi connectivity index (χ3n) is 5.72. The van der Waals surface area contributed by atoms with E-state index in [0.717, 1.165) is 12.0 Å². The number of para-hydroxylation sites is 1. The summed E-state index contributed by atoms with van der Waals surface area (Å²) in [6.07, 6.45) is 6.89. The third kappa shape index (κ3) is 4.65. The number of hydrogen-bond acceptors (Lipinski definition) is 6. The highest BCUT2D eigenvalue weighted by atomic mass is 32.2. The quantitative estimate of drug-likeness (QED) is 0.705. The van der Waals surface area contributed by atoms with Crippen molar-refractivity contribution in [1.82, 2.24) is 24.0 Å². The van der Waals surface area contributed by atoms with E-state index in [-0.39, 0.29) is 19.0 Å². The number of fused-ring (bicyclic) bond motifs is 1. The molecule has 0 N–H and O–H groups in total. The molecule has 1 atom stereocenters. The van der Waals surface area contributed by atoms with Crippen molar-refractivity contribution in [1.29, 1.82) is 0 Å². The van der Waals surface area contributed by atoms with E-state index in [1.54, 1.807) is 11.0 Å². The predicted molar refractivity (Wildman–Crippen MR) is 110 cm³/mol. The number of amides is 1. The minimum Gasteiger partial charge on any atom is -0.484 e. The summed E-state index contributed by atoms with van der Waals surface area (Å²) < 4.78 is 34.5. The first kappa shape index (κ1) is 20.8. The van der Waals surface area contributed by atoms with E-state index in [1.807, 2.05) is 29.2 Å². The molecule has 1 amide bonds. The van der Waals surface area contributed by atoms with Crippen molar-refractivity contribution in [3.63, 3.8) is 0 Å². The number of carbonyl (C=O) groups excluding carboxylic acids is 1. The van der Waals surface area contributed by atoms with E-state index in [0.29, 0.717) is 44.6 Å². The number of hydrogen-bond donors (Lipinski definition) is 0. The maximum atomic E-state index is 12.9. The van der Waals surface area contributed by atoms with Crippen LogP contribution in [0.5, 0.6) is 5.75 Å². The molecule has 0 saturated carbocycles. The third-order valence-corrected chi connectivity index (χ3v) is 6.91. The SMILES string of the molecule is CS(=O)(=O)N1Cc2ccccc2OC2(CCCN(C(=O)CCCn3cncn3)C2)C1. The van der Waals surface area contributed by atoms with Crippen LogP contribution in [0, 0.1) is 0 Å². The molecule has 2 aliphatic heterocycles. The Bertz CT molecular complexity index is 994. The van der Waals surface area contributed by atoms with Gasteiger partial charge in [0.15, 0.2) is 0 Å². The molecule has 0 bridgehead atoms. The number of aromatic nitrogens is 3. The molecule has 3 heterocycles. The van der Waals surface area contributed by atoms with Gasteiger partial charge in [-0.05, 0) is 25.3 Å². The molecule has 10 heteroatoms. The van der Waals surface area contributed by atoms with E-state index >= 15 is 0 Å². The summed E-state index contributed by atoms with van der Waals surface area (Å²) >= 11 is 0. The Kier molecular flexibility index (Phi) is 5.79. The lowest BCUT2D eigenvalue weighted by atomic mass is 9.92. The Morgan fingerprint density at radius 2 is 2.10 bits per heavy atom. The summed E-state index contributed by atoms with van der Waals surface area (Å²) in [6.45, 7) is 2.20. The van der Waals surface area contributed by atoms with Gasteiger partial charge in [0.2, 0.25) is 15.9 Å². The van der Waals surface area contributed by atoms with Crippen molar-refractivity contribution >= 4 is 15.9 Å². The number of ether oxygens (including phenoxy) is 1. The summed E-state index contributed by atoms with van der Waals surface area (Å²) in [4.78, 5) is 18.6. The Hall–Kier alpha value is -2.46. The number of benzene rings is 1. The van der Waals surface area contributed by atoms with Crippen molar-refractivity contribution in [3.8, 4) is 5.75 Å². The molecule has 0 aliphatic carbocycles. The molecule has 2 aromatic rings. The fraction of sp³-hybridized carbons (Fsp3) is 0.550. The van der Waals surface area contributed by atoms with Gasteiger partial charge >= 0.3 is 0 Å². The van der Waals surface area contributed by atoms with Gasteiger partial charge < -0.3 is 9.64 Å². The molecular formula is C20H27N5O4S. The van der Waals surface area contributed by atoms with E-state index < -0.39 is 15.6 Å². The zero-order valence-electron chi connectivity index (χ0n) is 17.1. The van der Waals surface area contributed by atoms with Crippen LogP contribution in [0.15, 0.2) is 36.9 Å². The number of sulfonamides is 1. The first-order chi connectivity index (χ1) is 14.3. The van der Waals surface area contributed by atoms with Gasteiger partial charge in [0.05, 0.1) is 19.3 Å². The number of rotatable bonds is 5. The number of nitrogens with zero attached hydrogens (tertiary/aromatic N) is 5. The van der Waals surface area contributed by atoms with Gasteiger partial charge in [-0.3, -0.25) is 9.48 Å². The zero-order valence-corrected chi connectivity index (χ0v) is 17.9. The summed E-state index contributed by atoms with van der Waals surface area (Å²) in [5.41, 5.74) is 0.103. The normalized spacial score (nSPS) is 22.4. The molecule has 1 fully saturated rings.